The van der Waals surface area contributed by atoms with Gasteiger partial charge < -0.3 is 19.6 Å². The minimum absolute atomic E-state index is 0.0454. The van der Waals surface area contributed by atoms with Gasteiger partial charge in [0.2, 0.25) is 0 Å². The standard InChI is InChI=1S/C19H29N3O4S/c1-3-26-12-13(23)10-22(8-9-25-2)11-16-20-18(24)17-14-6-4-5-7-15(14)27-19(17)21-16/h13,23H,3-12H2,1-2H3,(H,20,21,24)/t13-/m0/s1. The number of hydrogen-bond acceptors (Lipinski definition) is 7. The Balaban J connectivity index is 1.78. The van der Waals surface area contributed by atoms with E-state index < -0.39 is 6.10 Å². The molecule has 1 atom stereocenters. The molecule has 0 spiro atoms. The third-order valence-corrected chi connectivity index (χ3v) is 6.03. The summed E-state index contributed by atoms with van der Waals surface area (Å²) in [5, 5.41) is 10.9. The van der Waals surface area contributed by atoms with Crippen LogP contribution in [0.1, 0.15) is 36.0 Å². The van der Waals surface area contributed by atoms with Crippen LogP contribution in [-0.2, 0) is 28.9 Å². The van der Waals surface area contributed by atoms with Crippen molar-refractivity contribution in [3.05, 3.63) is 26.6 Å². The van der Waals surface area contributed by atoms with Gasteiger partial charge >= 0.3 is 0 Å². The van der Waals surface area contributed by atoms with Crippen LogP contribution < -0.4 is 5.56 Å². The average Bonchev–Trinajstić information content (AvgIpc) is 3.03. The van der Waals surface area contributed by atoms with Crippen molar-refractivity contribution in [2.24, 2.45) is 0 Å². The molecule has 1 aliphatic rings. The number of aliphatic hydroxyl groups is 1. The number of aromatic amines is 1. The van der Waals surface area contributed by atoms with Crippen LogP contribution >= 0.6 is 11.3 Å². The van der Waals surface area contributed by atoms with Crippen molar-refractivity contribution in [2.75, 3.05) is 40.0 Å². The van der Waals surface area contributed by atoms with Crippen LogP contribution in [0.3, 0.4) is 0 Å². The summed E-state index contributed by atoms with van der Waals surface area (Å²) in [4.78, 5) is 24.6. The van der Waals surface area contributed by atoms with Gasteiger partial charge in [-0.15, -0.1) is 11.3 Å². The summed E-state index contributed by atoms with van der Waals surface area (Å²) in [5.74, 6) is 0.630. The highest BCUT2D eigenvalue weighted by Gasteiger charge is 2.20. The summed E-state index contributed by atoms with van der Waals surface area (Å²) in [5.41, 5.74) is 1.15. The zero-order valence-corrected chi connectivity index (χ0v) is 16.9. The SMILES string of the molecule is CCOC[C@@H](O)CN(CCOC)Cc1nc2sc3c(c2c(=O)[nH]1)CCCC3. The van der Waals surface area contributed by atoms with E-state index in [1.165, 1.54) is 16.9 Å². The molecule has 0 amide bonds. The van der Waals surface area contributed by atoms with Gasteiger partial charge in [-0.05, 0) is 38.2 Å². The second-order valence-electron chi connectivity index (χ2n) is 6.94. The number of aromatic nitrogens is 2. The number of aryl methyl sites for hydroxylation is 2. The minimum Gasteiger partial charge on any atom is -0.389 e. The number of aliphatic hydroxyl groups excluding tert-OH is 1. The van der Waals surface area contributed by atoms with E-state index in [-0.39, 0.29) is 5.56 Å². The summed E-state index contributed by atoms with van der Waals surface area (Å²) >= 11 is 1.65. The molecular weight excluding hydrogens is 366 g/mol. The summed E-state index contributed by atoms with van der Waals surface area (Å²) in [7, 11) is 1.65. The van der Waals surface area contributed by atoms with Crippen LogP contribution in [0.5, 0.6) is 0 Å². The molecule has 0 unspecified atom stereocenters. The first kappa shape index (κ1) is 20.4. The summed E-state index contributed by atoms with van der Waals surface area (Å²) in [6.07, 6.45) is 3.76. The fourth-order valence-corrected chi connectivity index (χ4v) is 4.84. The Kier molecular flexibility index (Phi) is 7.37. The average molecular weight is 396 g/mol. The first-order valence-corrected chi connectivity index (χ1v) is 10.4. The molecule has 8 heteroatoms. The Hall–Kier alpha value is -1.32. The predicted molar refractivity (Wildman–Crippen MR) is 107 cm³/mol. The topological polar surface area (TPSA) is 87.7 Å². The van der Waals surface area contributed by atoms with E-state index in [4.69, 9.17) is 14.5 Å². The molecule has 0 saturated heterocycles. The quantitative estimate of drug-likeness (QED) is 0.637. The third kappa shape index (κ3) is 5.14. The van der Waals surface area contributed by atoms with Crippen molar-refractivity contribution in [3.63, 3.8) is 0 Å². The number of fused-ring (bicyclic) bond motifs is 3. The Morgan fingerprint density at radius 2 is 2.19 bits per heavy atom. The first-order chi connectivity index (χ1) is 13.1. The van der Waals surface area contributed by atoms with E-state index in [0.717, 1.165) is 29.5 Å². The van der Waals surface area contributed by atoms with Gasteiger partial charge in [-0.25, -0.2) is 4.98 Å². The zero-order valence-electron chi connectivity index (χ0n) is 16.1. The van der Waals surface area contributed by atoms with E-state index >= 15 is 0 Å². The molecule has 0 fully saturated rings. The Morgan fingerprint density at radius 1 is 1.37 bits per heavy atom. The fourth-order valence-electron chi connectivity index (χ4n) is 3.56. The van der Waals surface area contributed by atoms with Crippen molar-refractivity contribution in [2.45, 2.75) is 45.3 Å². The van der Waals surface area contributed by atoms with E-state index in [0.29, 0.717) is 45.3 Å². The second-order valence-corrected chi connectivity index (χ2v) is 8.03. The molecule has 27 heavy (non-hydrogen) atoms. The smallest absolute Gasteiger partial charge is 0.259 e. The molecule has 2 N–H and O–H groups in total. The maximum absolute atomic E-state index is 12.7. The summed E-state index contributed by atoms with van der Waals surface area (Å²) in [6.45, 7) is 4.85. The number of nitrogens with one attached hydrogen (secondary N) is 1. The molecule has 1 aliphatic carbocycles. The normalized spacial score (nSPS) is 15.4. The van der Waals surface area contributed by atoms with Gasteiger partial charge in [0.05, 0.1) is 31.2 Å². The Labute approximate surface area is 163 Å². The van der Waals surface area contributed by atoms with Crippen molar-refractivity contribution in [3.8, 4) is 0 Å². The van der Waals surface area contributed by atoms with Gasteiger partial charge in [0.15, 0.2) is 0 Å². The van der Waals surface area contributed by atoms with Gasteiger partial charge in [0.1, 0.15) is 10.7 Å². The molecule has 0 bridgehead atoms. The molecule has 0 saturated carbocycles. The van der Waals surface area contributed by atoms with Crippen molar-refractivity contribution in [1.29, 1.82) is 0 Å². The number of H-pyrrole nitrogens is 1. The van der Waals surface area contributed by atoms with E-state index in [9.17, 15) is 9.90 Å². The fraction of sp³-hybridized carbons (Fsp3) is 0.684. The van der Waals surface area contributed by atoms with Gasteiger partial charge in [-0.1, -0.05) is 0 Å². The summed E-state index contributed by atoms with van der Waals surface area (Å²) in [6, 6.07) is 0. The lowest BCUT2D eigenvalue weighted by Gasteiger charge is -2.24. The van der Waals surface area contributed by atoms with E-state index in [2.05, 4.69) is 4.98 Å². The lowest BCUT2D eigenvalue weighted by molar-refractivity contribution is 0.0144. The number of methoxy groups -OCH3 is 1. The number of rotatable bonds is 10. The van der Waals surface area contributed by atoms with Crippen molar-refractivity contribution in [1.82, 2.24) is 14.9 Å². The lowest BCUT2D eigenvalue weighted by Crippen LogP contribution is -2.37. The molecule has 0 radical (unpaired) electrons. The van der Waals surface area contributed by atoms with Crippen LogP contribution in [-0.4, -0.2) is 66.1 Å². The maximum atomic E-state index is 12.7. The van der Waals surface area contributed by atoms with Crippen LogP contribution in [0.15, 0.2) is 4.79 Å². The molecule has 0 aromatic carbocycles. The van der Waals surface area contributed by atoms with Gasteiger partial charge in [0, 0.05) is 31.7 Å². The molecule has 7 nitrogen and oxygen atoms in total. The predicted octanol–water partition coefficient (Wildman–Crippen LogP) is 1.71. The molecule has 2 heterocycles. The van der Waals surface area contributed by atoms with E-state index in [1.807, 2.05) is 11.8 Å². The molecule has 150 valence electrons. The highest BCUT2D eigenvalue weighted by Crippen LogP contribution is 2.33. The highest BCUT2D eigenvalue weighted by atomic mass is 32.1. The van der Waals surface area contributed by atoms with Crippen molar-refractivity contribution < 1.29 is 14.6 Å². The molecule has 2 aromatic heterocycles. The molecule has 2 aromatic rings. The Bertz CT molecular complexity index is 804. The first-order valence-electron chi connectivity index (χ1n) is 9.63. The number of thiophene rings is 1. The number of ether oxygens (including phenoxy) is 2. The monoisotopic (exact) mass is 395 g/mol. The van der Waals surface area contributed by atoms with Gasteiger partial charge in [-0.2, -0.15) is 0 Å². The third-order valence-electron chi connectivity index (χ3n) is 4.84. The zero-order chi connectivity index (χ0) is 19.2. The Morgan fingerprint density at radius 3 is 2.96 bits per heavy atom. The van der Waals surface area contributed by atoms with Gasteiger partial charge in [0.25, 0.3) is 5.56 Å². The lowest BCUT2D eigenvalue weighted by atomic mass is 9.97. The highest BCUT2D eigenvalue weighted by molar-refractivity contribution is 7.18. The van der Waals surface area contributed by atoms with Gasteiger partial charge in [-0.3, -0.25) is 9.69 Å². The van der Waals surface area contributed by atoms with Crippen LogP contribution in [0.2, 0.25) is 0 Å². The van der Waals surface area contributed by atoms with Crippen LogP contribution in [0, 0.1) is 0 Å². The molecule has 3 rings (SSSR count). The van der Waals surface area contributed by atoms with Crippen molar-refractivity contribution >= 4 is 21.6 Å². The molecule has 0 aliphatic heterocycles. The van der Waals surface area contributed by atoms with Crippen LogP contribution in [0.25, 0.3) is 10.2 Å². The number of nitrogens with zero attached hydrogens (tertiary/aromatic N) is 2. The van der Waals surface area contributed by atoms with Crippen LogP contribution in [0.4, 0.5) is 0 Å². The van der Waals surface area contributed by atoms with E-state index in [1.54, 1.807) is 18.4 Å². The largest absolute Gasteiger partial charge is 0.389 e. The second kappa shape index (κ2) is 9.75. The maximum Gasteiger partial charge on any atom is 0.259 e. The molecular formula is C19H29N3O4S. The summed E-state index contributed by atoms with van der Waals surface area (Å²) < 4.78 is 10.5. The minimum atomic E-state index is -0.591. The number of hydrogen-bond donors (Lipinski definition) is 2.